The Kier molecular flexibility index (Phi) is 4.29. The van der Waals surface area contributed by atoms with Crippen LogP contribution in [0.2, 0.25) is 0 Å². The molecule has 0 bridgehead atoms. The Labute approximate surface area is 110 Å². The number of pyridine rings is 1. The van der Waals surface area contributed by atoms with Crippen LogP contribution >= 0.6 is 22.6 Å². The molecule has 0 unspecified atom stereocenters. The first-order chi connectivity index (χ1) is 8.11. The van der Waals surface area contributed by atoms with Crippen molar-refractivity contribution < 1.29 is 36.6 Å². The van der Waals surface area contributed by atoms with Gasteiger partial charge in [0.05, 0.1) is 3.57 Å². The van der Waals surface area contributed by atoms with E-state index in [9.17, 15) is 26.7 Å². The zero-order chi connectivity index (χ0) is 14.1. The predicted molar refractivity (Wildman–Crippen MR) is 55.6 cm³/mol. The third kappa shape index (κ3) is 3.65. The first-order valence-electron chi connectivity index (χ1n) is 4.09. The maximum Gasteiger partial charge on any atom is 0.574 e. The number of alkyl halides is 5. The molecule has 1 heterocycles. The van der Waals surface area contributed by atoms with E-state index in [0.717, 1.165) is 0 Å². The van der Waals surface area contributed by atoms with Crippen LogP contribution < -0.4 is 4.74 Å². The molecule has 0 aromatic carbocycles. The highest BCUT2D eigenvalue weighted by Gasteiger charge is 2.33. The zero-order valence-electron chi connectivity index (χ0n) is 8.13. The van der Waals surface area contributed by atoms with Crippen LogP contribution in [-0.4, -0.2) is 22.4 Å². The summed E-state index contributed by atoms with van der Waals surface area (Å²) in [6.45, 7) is 0. The Balaban J connectivity index is 3.34. The Morgan fingerprint density at radius 3 is 2.39 bits per heavy atom. The minimum absolute atomic E-state index is 0.354. The van der Waals surface area contributed by atoms with Gasteiger partial charge in [0.25, 0.3) is 6.43 Å². The molecule has 0 radical (unpaired) electrons. The molecule has 10 heteroatoms. The average Bonchev–Trinajstić information content (AvgIpc) is 2.17. The van der Waals surface area contributed by atoms with Crippen molar-refractivity contribution >= 4 is 28.6 Å². The summed E-state index contributed by atoms with van der Waals surface area (Å²) in [4.78, 5) is 13.7. The van der Waals surface area contributed by atoms with Gasteiger partial charge in [0.1, 0.15) is 0 Å². The van der Waals surface area contributed by atoms with E-state index in [1.165, 1.54) is 22.6 Å². The number of aromatic carboxylic acids is 1. The second kappa shape index (κ2) is 5.20. The normalized spacial score (nSPS) is 11.7. The second-order valence-electron chi connectivity index (χ2n) is 2.87. The molecule has 1 rings (SSSR count). The van der Waals surface area contributed by atoms with E-state index in [2.05, 4.69) is 9.72 Å². The minimum Gasteiger partial charge on any atom is -0.476 e. The average molecular weight is 383 g/mol. The molecule has 0 fully saturated rings. The SMILES string of the molecule is O=C(O)c1nc(OC(F)(F)F)cc(C(F)F)c1I. The number of carboxylic acids is 1. The molecule has 0 spiro atoms. The van der Waals surface area contributed by atoms with Gasteiger partial charge in [0.15, 0.2) is 5.69 Å². The van der Waals surface area contributed by atoms with Crippen LogP contribution in [0.3, 0.4) is 0 Å². The molecular weight excluding hydrogens is 380 g/mol. The van der Waals surface area contributed by atoms with Crippen LogP contribution in [0.1, 0.15) is 22.5 Å². The van der Waals surface area contributed by atoms with Crippen molar-refractivity contribution in [2.75, 3.05) is 0 Å². The van der Waals surface area contributed by atoms with Gasteiger partial charge in [-0.1, -0.05) is 0 Å². The highest BCUT2D eigenvalue weighted by Crippen LogP contribution is 2.31. The lowest BCUT2D eigenvalue weighted by molar-refractivity contribution is -0.276. The fourth-order valence-corrected chi connectivity index (χ4v) is 1.74. The van der Waals surface area contributed by atoms with Crippen molar-refractivity contribution in [1.29, 1.82) is 0 Å². The fourth-order valence-electron chi connectivity index (χ4n) is 0.996. The van der Waals surface area contributed by atoms with E-state index in [1.807, 2.05) is 0 Å². The largest absolute Gasteiger partial charge is 0.574 e. The molecule has 1 N–H and O–H groups in total. The van der Waals surface area contributed by atoms with Crippen LogP contribution in [0.25, 0.3) is 0 Å². The molecular formula is C8H3F5INO3. The van der Waals surface area contributed by atoms with Crippen molar-refractivity contribution in [3.05, 3.63) is 20.9 Å². The lowest BCUT2D eigenvalue weighted by atomic mass is 10.2. The van der Waals surface area contributed by atoms with Gasteiger partial charge in [-0.15, -0.1) is 13.2 Å². The lowest BCUT2D eigenvalue weighted by Crippen LogP contribution is -2.19. The van der Waals surface area contributed by atoms with Gasteiger partial charge in [-0.3, -0.25) is 0 Å². The van der Waals surface area contributed by atoms with E-state index >= 15 is 0 Å². The van der Waals surface area contributed by atoms with Gasteiger partial charge in [-0.25, -0.2) is 18.6 Å². The molecule has 0 atom stereocenters. The number of carboxylic acid groups (broad SMARTS) is 1. The lowest BCUT2D eigenvalue weighted by Gasteiger charge is -2.12. The molecule has 4 nitrogen and oxygen atoms in total. The molecule has 0 aliphatic carbocycles. The van der Waals surface area contributed by atoms with E-state index < -0.39 is 39.5 Å². The first-order valence-corrected chi connectivity index (χ1v) is 5.17. The Morgan fingerprint density at radius 1 is 1.44 bits per heavy atom. The number of carbonyl (C=O) groups is 1. The highest BCUT2D eigenvalue weighted by molar-refractivity contribution is 14.1. The molecule has 0 amide bonds. The van der Waals surface area contributed by atoms with E-state index in [4.69, 9.17) is 5.11 Å². The third-order valence-electron chi connectivity index (χ3n) is 1.62. The summed E-state index contributed by atoms with van der Waals surface area (Å²) >= 11 is 1.27. The number of aromatic nitrogens is 1. The van der Waals surface area contributed by atoms with Crippen LogP contribution in [0.5, 0.6) is 5.88 Å². The van der Waals surface area contributed by atoms with Gasteiger partial charge >= 0.3 is 12.3 Å². The van der Waals surface area contributed by atoms with Gasteiger partial charge < -0.3 is 9.84 Å². The van der Waals surface area contributed by atoms with Gasteiger partial charge in [0, 0.05) is 11.6 Å². The van der Waals surface area contributed by atoms with Crippen molar-refractivity contribution in [3.63, 3.8) is 0 Å². The molecule has 100 valence electrons. The molecule has 0 saturated heterocycles. The summed E-state index contributed by atoms with van der Waals surface area (Å²) < 4.78 is 63.7. The van der Waals surface area contributed by atoms with Crippen molar-refractivity contribution in [1.82, 2.24) is 4.98 Å². The highest BCUT2D eigenvalue weighted by atomic mass is 127. The maximum atomic E-state index is 12.5. The van der Waals surface area contributed by atoms with E-state index in [-0.39, 0.29) is 0 Å². The Hall–Kier alpha value is -1.20. The summed E-state index contributed by atoms with van der Waals surface area (Å²) in [6, 6.07) is 0.354. The topological polar surface area (TPSA) is 59.4 Å². The number of rotatable bonds is 3. The monoisotopic (exact) mass is 383 g/mol. The second-order valence-corrected chi connectivity index (χ2v) is 3.94. The molecule has 0 aliphatic rings. The Morgan fingerprint density at radius 2 is 2.00 bits per heavy atom. The molecule has 0 aliphatic heterocycles. The predicted octanol–water partition coefficient (Wildman–Crippen LogP) is 3.22. The number of ether oxygens (including phenoxy) is 1. The summed E-state index contributed by atoms with van der Waals surface area (Å²) in [7, 11) is 0. The fraction of sp³-hybridized carbons (Fsp3) is 0.250. The van der Waals surface area contributed by atoms with Crippen LogP contribution in [0, 0.1) is 3.57 Å². The van der Waals surface area contributed by atoms with Crippen LogP contribution in [0.4, 0.5) is 22.0 Å². The maximum absolute atomic E-state index is 12.5. The quantitative estimate of drug-likeness (QED) is 0.644. The van der Waals surface area contributed by atoms with Crippen molar-refractivity contribution in [2.45, 2.75) is 12.8 Å². The molecule has 1 aromatic rings. The number of hydrogen-bond donors (Lipinski definition) is 1. The summed E-state index contributed by atoms with van der Waals surface area (Å²) in [5.41, 5.74) is -1.81. The van der Waals surface area contributed by atoms with Crippen LogP contribution in [0.15, 0.2) is 6.07 Å². The van der Waals surface area contributed by atoms with Crippen molar-refractivity contribution in [2.24, 2.45) is 0 Å². The summed E-state index contributed by atoms with van der Waals surface area (Å²) in [5, 5.41) is 8.65. The minimum atomic E-state index is -5.14. The number of nitrogens with zero attached hydrogens (tertiary/aromatic N) is 1. The number of hydrogen-bond acceptors (Lipinski definition) is 3. The Bertz CT molecular complexity index is 477. The zero-order valence-corrected chi connectivity index (χ0v) is 10.3. The standard InChI is InChI=1S/C8H3F5INO3/c9-6(10)2-1-3(18-8(11,12)13)15-5(4(2)14)7(16)17/h1,6H,(H,16,17). The van der Waals surface area contributed by atoms with Gasteiger partial charge in [-0.2, -0.15) is 0 Å². The van der Waals surface area contributed by atoms with Crippen molar-refractivity contribution in [3.8, 4) is 5.88 Å². The van der Waals surface area contributed by atoms with Gasteiger partial charge in [0.2, 0.25) is 5.88 Å². The molecule has 0 saturated carbocycles. The molecule has 18 heavy (non-hydrogen) atoms. The van der Waals surface area contributed by atoms with E-state index in [1.54, 1.807) is 0 Å². The summed E-state index contributed by atoms with van der Waals surface area (Å²) in [6.07, 6.45) is -8.29. The van der Waals surface area contributed by atoms with Crippen LogP contribution in [-0.2, 0) is 0 Å². The third-order valence-corrected chi connectivity index (χ3v) is 2.75. The van der Waals surface area contributed by atoms with E-state index in [0.29, 0.717) is 6.07 Å². The van der Waals surface area contributed by atoms with Gasteiger partial charge in [-0.05, 0) is 22.6 Å². The first kappa shape index (κ1) is 14.9. The molecule has 1 aromatic heterocycles. The number of halogens is 6. The smallest absolute Gasteiger partial charge is 0.476 e. The summed E-state index contributed by atoms with van der Waals surface area (Å²) in [5.74, 6) is -2.97.